The molecule has 1 aromatic rings. The fraction of sp³-hybridized carbons (Fsp3) is 0.400. The molecular formula is C10H13FN2. The third kappa shape index (κ3) is 1.34. The number of halogens is 1. The van der Waals surface area contributed by atoms with E-state index in [-0.39, 0.29) is 11.4 Å². The highest BCUT2D eigenvalue weighted by atomic mass is 19.1. The second-order valence-electron chi connectivity index (χ2n) is 3.47. The minimum atomic E-state index is -0.195. The third-order valence-corrected chi connectivity index (χ3v) is 2.74. The first-order valence-corrected chi connectivity index (χ1v) is 4.48. The van der Waals surface area contributed by atoms with Crippen LogP contribution in [-0.4, -0.2) is 13.1 Å². The summed E-state index contributed by atoms with van der Waals surface area (Å²) in [6, 6.07) is 6.65. The van der Waals surface area contributed by atoms with E-state index in [1.807, 2.05) is 6.07 Å². The van der Waals surface area contributed by atoms with Gasteiger partial charge in [0.2, 0.25) is 0 Å². The van der Waals surface area contributed by atoms with Gasteiger partial charge >= 0.3 is 0 Å². The fourth-order valence-electron chi connectivity index (χ4n) is 1.75. The average molecular weight is 180 g/mol. The third-order valence-electron chi connectivity index (χ3n) is 2.74. The zero-order chi connectivity index (χ0) is 9.31. The van der Waals surface area contributed by atoms with Crippen LogP contribution in [0.25, 0.3) is 0 Å². The molecule has 0 amide bonds. The molecule has 13 heavy (non-hydrogen) atoms. The maximum Gasteiger partial charge on any atom is 0.123 e. The number of nitrogens with two attached hydrogens (primary N) is 1. The van der Waals surface area contributed by atoms with Crippen molar-refractivity contribution in [3.8, 4) is 0 Å². The Kier molecular flexibility index (Phi) is 2.06. The molecule has 3 heteroatoms. The minimum Gasteiger partial charge on any atom is -0.328 e. The van der Waals surface area contributed by atoms with Crippen LogP contribution in [0.5, 0.6) is 0 Å². The lowest BCUT2D eigenvalue weighted by molar-refractivity contribution is 0.218. The normalized spacial score (nSPS) is 26.9. The van der Waals surface area contributed by atoms with Gasteiger partial charge in [-0.1, -0.05) is 12.1 Å². The van der Waals surface area contributed by atoms with Crippen molar-refractivity contribution in [2.45, 2.75) is 12.0 Å². The summed E-state index contributed by atoms with van der Waals surface area (Å²) >= 11 is 0. The first-order chi connectivity index (χ1) is 6.27. The molecule has 1 aliphatic rings. The Morgan fingerprint density at radius 3 is 2.77 bits per heavy atom. The second kappa shape index (κ2) is 3.09. The van der Waals surface area contributed by atoms with Crippen molar-refractivity contribution >= 4 is 0 Å². The summed E-state index contributed by atoms with van der Waals surface area (Å²) < 4.78 is 12.9. The summed E-state index contributed by atoms with van der Waals surface area (Å²) in [7, 11) is 0. The molecule has 1 aliphatic heterocycles. The molecule has 0 spiro atoms. The van der Waals surface area contributed by atoms with Crippen molar-refractivity contribution in [3.05, 3.63) is 35.6 Å². The SMILES string of the molecule is NCC1(c2cccc(F)c2)CCN1. The molecule has 0 aliphatic carbocycles. The molecular weight excluding hydrogens is 167 g/mol. The predicted molar refractivity (Wildman–Crippen MR) is 49.8 cm³/mol. The average Bonchev–Trinajstić information content (AvgIpc) is 2.03. The van der Waals surface area contributed by atoms with Crippen molar-refractivity contribution in [1.82, 2.24) is 5.32 Å². The molecule has 1 aromatic carbocycles. The summed E-state index contributed by atoms with van der Waals surface area (Å²) in [6.45, 7) is 1.49. The van der Waals surface area contributed by atoms with Crippen LogP contribution in [0.2, 0.25) is 0 Å². The summed E-state index contributed by atoms with van der Waals surface area (Å²) in [5, 5.41) is 3.26. The highest BCUT2D eigenvalue weighted by Crippen LogP contribution is 2.30. The van der Waals surface area contributed by atoms with Crippen LogP contribution in [0, 0.1) is 5.82 Å². The largest absolute Gasteiger partial charge is 0.328 e. The van der Waals surface area contributed by atoms with Gasteiger partial charge in [-0.05, 0) is 30.7 Å². The molecule has 0 saturated carbocycles. The Labute approximate surface area is 76.9 Å². The molecule has 0 aromatic heterocycles. The number of hydrogen-bond donors (Lipinski definition) is 2. The standard InChI is InChI=1S/C10H13FN2/c11-9-3-1-2-8(6-9)10(7-12)4-5-13-10/h1-3,6,13H,4-5,7,12H2. The highest BCUT2D eigenvalue weighted by Gasteiger charge is 2.36. The van der Waals surface area contributed by atoms with E-state index >= 15 is 0 Å². The van der Waals surface area contributed by atoms with Crippen LogP contribution >= 0.6 is 0 Å². The van der Waals surface area contributed by atoms with Gasteiger partial charge in [-0.3, -0.25) is 0 Å². The Morgan fingerprint density at radius 2 is 2.31 bits per heavy atom. The van der Waals surface area contributed by atoms with Crippen LogP contribution in [-0.2, 0) is 5.54 Å². The monoisotopic (exact) mass is 180 g/mol. The van der Waals surface area contributed by atoms with Gasteiger partial charge < -0.3 is 11.1 Å². The van der Waals surface area contributed by atoms with Crippen molar-refractivity contribution < 1.29 is 4.39 Å². The topological polar surface area (TPSA) is 38.0 Å². The van der Waals surface area contributed by atoms with Crippen LogP contribution in [0.4, 0.5) is 4.39 Å². The molecule has 0 radical (unpaired) electrons. The molecule has 1 unspecified atom stereocenters. The fourth-order valence-corrected chi connectivity index (χ4v) is 1.75. The zero-order valence-corrected chi connectivity index (χ0v) is 7.39. The number of nitrogens with one attached hydrogen (secondary N) is 1. The molecule has 2 nitrogen and oxygen atoms in total. The lowest BCUT2D eigenvalue weighted by Crippen LogP contribution is -2.58. The maximum atomic E-state index is 12.9. The van der Waals surface area contributed by atoms with Crippen LogP contribution < -0.4 is 11.1 Å². The van der Waals surface area contributed by atoms with Crippen molar-refractivity contribution in [3.63, 3.8) is 0 Å². The van der Waals surface area contributed by atoms with Gasteiger partial charge in [0.1, 0.15) is 5.82 Å². The van der Waals surface area contributed by atoms with Gasteiger partial charge in [-0.25, -0.2) is 4.39 Å². The Balaban J connectivity index is 2.33. The summed E-state index contributed by atoms with van der Waals surface area (Å²) in [4.78, 5) is 0. The zero-order valence-electron chi connectivity index (χ0n) is 7.39. The van der Waals surface area contributed by atoms with E-state index in [1.165, 1.54) is 6.07 Å². The van der Waals surface area contributed by atoms with E-state index < -0.39 is 0 Å². The Bertz CT molecular complexity index is 302. The van der Waals surface area contributed by atoms with Gasteiger partial charge in [-0.2, -0.15) is 0 Å². The van der Waals surface area contributed by atoms with E-state index in [4.69, 9.17) is 5.73 Å². The molecule has 2 rings (SSSR count). The number of hydrogen-bond acceptors (Lipinski definition) is 2. The first-order valence-electron chi connectivity index (χ1n) is 4.48. The second-order valence-corrected chi connectivity index (χ2v) is 3.47. The van der Waals surface area contributed by atoms with E-state index in [0.717, 1.165) is 18.5 Å². The Morgan fingerprint density at radius 1 is 1.54 bits per heavy atom. The summed E-state index contributed by atoms with van der Waals surface area (Å²) in [5.74, 6) is -0.195. The van der Waals surface area contributed by atoms with Crippen LogP contribution in [0.3, 0.4) is 0 Å². The molecule has 3 N–H and O–H groups in total. The van der Waals surface area contributed by atoms with Gasteiger partial charge in [0.15, 0.2) is 0 Å². The van der Waals surface area contributed by atoms with Crippen LogP contribution in [0.1, 0.15) is 12.0 Å². The van der Waals surface area contributed by atoms with E-state index in [1.54, 1.807) is 12.1 Å². The molecule has 1 fully saturated rings. The van der Waals surface area contributed by atoms with E-state index in [9.17, 15) is 4.39 Å². The number of rotatable bonds is 2. The highest BCUT2D eigenvalue weighted by molar-refractivity contribution is 5.28. The van der Waals surface area contributed by atoms with E-state index in [0.29, 0.717) is 6.54 Å². The van der Waals surface area contributed by atoms with Gasteiger partial charge in [0, 0.05) is 6.54 Å². The summed E-state index contributed by atoms with van der Waals surface area (Å²) in [6.07, 6.45) is 0.993. The van der Waals surface area contributed by atoms with Gasteiger partial charge in [0.25, 0.3) is 0 Å². The molecule has 1 saturated heterocycles. The summed E-state index contributed by atoms with van der Waals surface area (Å²) in [5.41, 5.74) is 6.46. The number of benzene rings is 1. The van der Waals surface area contributed by atoms with E-state index in [2.05, 4.69) is 5.32 Å². The lowest BCUT2D eigenvalue weighted by Gasteiger charge is -2.43. The Hall–Kier alpha value is -0.930. The predicted octanol–water partition coefficient (Wildman–Crippen LogP) is 0.973. The quantitative estimate of drug-likeness (QED) is 0.711. The minimum absolute atomic E-state index is 0.165. The maximum absolute atomic E-state index is 12.9. The smallest absolute Gasteiger partial charge is 0.123 e. The molecule has 0 bridgehead atoms. The molecule has 70 valence electrons. The van der Waals surface area contributed by atoms with Crippen molar-refractivity contribution in [2.75, 3.05) is 13.1 Å². The van der Waals surface area contributed by atoms with Crippen molar-refractivity contribution in [2.24, 2.45) is 5.73 Å². The van der Waals surface area contributed by atoms with Crippen LogP contribution in [0.15, 0.2) is 24.3 Å². The van der Waals surface area contributed by atoms with Gasteiger partial charge in [0.05, 0.1) is 5.54 Å². The lowest BCUT2D eigenvalue weighted by atomic mass is 9.81. The molecule has 1 atom stereocenters. The van der Waals surface area contributed by atoms with Gasteiger partial charge in [-0.15, -0.1) is 0 Å². The first kappa shape index (κ1) is 8.66. The molecule has 1 heterocycles. The van der Waals surface area contributed by atoms with Crippen molar-refractivity contribution in [1.29, 1.82) is 0 Å².